The van der Waals surface area contributed by atoms with Crippen molar-refractivity contribution in [2.24, 2.45) is 0 Å². The van der Waals surface area contributed by atoms with Gasteiger partial charge in [0.15, 0.2) is 0 Å². The maximum atomic E-state index is 10.4. The second-order valence-corrected chi connectivity index (χ2v) is 5.60. The Hall–Kier alpha value is -0.420. The quantitative estimate of drug-likeness (QED) is 0.847. The summed E-state index contributed by atoms with van der Waals surface area (Å²) in [5.74, 6) is 0. The Labute approximate surface area is 101 Å². The molecule has 90 valence electrons. The van der Waals surface area contributed by atoms with Gasteiger partial charge in [-0.3, -0.25) is 4.90 Å². The van der Waals surface area contributed by atoms with Crippen LogP contribution in [0.1, 0.15) is 17.4 Å². The summed E-state index contributed by atoms with van der Waals surface area (Å²) >= 11 is 1.64. The minimum atomic E-state index is -0.356. The maximum Gasteiger partial charge on any atom is 0.105 e. The fraction of sp³-hybridized carbons (Fsp3) is 0.667. The molecule has 4 heteroatoms. The number of hydrogen-bond donors (Lipinski definition) is 1. The molecule has 0 saturated carbocycles. The van der Waals surface area contributed by atoms with Crippen molar-refractivity contribution in [3.63, 3.8) is 0 Å². The van der Waals surface area contributed by atoms with Crippen LogP contribution in [0.3, 0.4) is 0 Å². The lowest BCUT2D eigenvalue weighted by Crippen LogP contribution is -2.41. The summed E-state index contributed by atoms with van der Waals surface area (Å²) in [5.41, 5.74) is 0. The van der Waals surface area contributed by atoms with Gasteiger partial charge in [-0.05, 0) is 45.1 Å². The highest BCUT2D eigenvalue weighted by Gasteiger charge is 2.28. The van der Waals surface area contributed by atoms with Crippen LogP contribution in [-0.2, 0) is 0 Å². The van der Waals surface area contributed by atoms with Crippen LogP contribution in [0.2, 0.25) is 0 Å². The molecule has 1 aromatic rings. The molecular formula is C12H20N2OS. The van der Waals surface area contributed by atoms with E-state index in [1.165, 1.54) is 6.42 Å². The molecule has 0 aromatic carbocycles. The summed E-state index contributed by atoms with van der Waals surface area (Å²) in [7, 11) is 4.24. The van der Waals surface area contributed by atoms with Gasteiger partial charge in [0.05, 0.1) is 6.04 Å². The van der Waals surface area contributed by atoms with Crippen molar-refractivity contribution in [2.45, 2.75) is 18.6 Å². The first-order valence-corrected chi connectivity index (χ1v) is 6.66. The van der Waals surface area contributed by atoms with Crippen molar-refractivity contribution in [3.8, 4) is 0 Å². The molecule has 1 saturated heterocycles. The summed E-state index contributed by atoms with van der Waals surface area (Å²) < 4.78 is 0. The van der Waals surface area contributed by atoms with E-state index < -0.39 is 0 Å². The smallest absolute Gasteiger partial charge is 0.105 e. The lowest BCUT2D eigenvalue weighted by atomic mass is 10.1. The molecule has 1 fully saturated rings. The highest BCUT2D eigenvalue weighted by molar-refractivity contribution is 7.10. The molecule has 0 bridgehead atoms. The standard InChI is InChI=1S/C12H20N2OS/c1-13-6-4-7-14(2)10(9-13)12(15)11-5-3-8-16-11/h3,5,8,10,12,15H,4,6-7,9H2,1-2H3. The van der Waals surface area contributed by atoms with Crippen molar-refractivity contribution >= 4 is 11.3 Å². The predicted octanol–water partition coefficient (Wildman–Crippen LogP) is 1.42. The fourth-order valence-corrected chi connectivity index (χ4v) is 3.06. The highest BCUT2D eigenvalue weighted by atomic mass is 32.1. The van der Waals surface area contributed by atoms with Gasteiger partial charge < -0.3 is 10.0 Å². The Balaban J connectivity index is 2.10. The summed E-state index contributed by atoms with van der Waals surface area (Å²) in [6.07, 6.45) is 0.825. The van der Waals surface area contributed by atoms with E-state index in [-0.39, 0.29) is 12.1 Å². The molecule has 1 aliphatic heterocycles. The normalized spacial score (nSPS) is 26.6. The van der Waals surface area contributed by atoms with Crippen LogP contribution >= 0.6 is 11.3 Å². The largest absolute Gasteiger partial charge is 0.386 e. The number of rotatable bonds is 2. The molecule has 0 aliphatic carbocycles. The van der Waals surface area contributed by atoms with Crippen molar-refractivity contribution in [2.75, 3.05) is 33.7 Å². The van der Waals surface area contributed by atoms with E-state index in [2.05, 4.69) is 23.9 Å². The van der Waals surface area contributed by atoms with Crippen LogP contribution in [0.4, 0.5) is 0 Å². The molecular weight excluding hydrogens is 220 g/mol. The van der Waals surface area contributed by atoms with Gasteiger partial charge in [0.2, 0.25) is 0 Å². The maximum absolute atomic E-state index is 10.4. The summed E-state index contributed by atoms with van der Waals surface area (Å²) in [6, 6.07) is 4.24. The molecule has 2 unspecified atom stereocenters. The van der Waals surface area contributed by atoms with E-state index in [1.54, 1.807) is 11.3 Å². The molecule has 1 aliphatic rings. The third-order valence-electron chi connectivity index (χ3n) is 3.31. The molecule has 2 atom stereocenters. The van der Waals surface area contributed by atoms with Gasteiger partial charge in [-0.1, -0.05) is 6.07 Å². The monoisotopic (exact) mass is 240 g/mol. The summed E-state index contributed by atoms with van der Waals surface area (Å²) in [5, 5.41) is 12.4. The second-order valence-electron chi connectivity index (χ2n) is 4.62. The van der Waals surface area contributed by atoms with E-state index in [1.807, 2.05) is 17.5 Å². The van der Waals surface area contributed by atoms with Crippen molar-refractivity contribution in [1.82, 2.24) is 9.80 Å². The molecule has 0 amide bonds. The number of nitrogens with zero attached hydrogens (tertiary/aromatic N) is 2. The zero-order valence-electron chi connectivity index (χ0n) is 9.97. The molecule has 0 spiro atoms. The zero-order valence-corrected chi connectivity index (χ0v) is 10.8. The van der Waals surface area contributed by atoms with E-state index in [4.69, 9.17) is 0 Å². The minimum absolute atomic E-state index is 0.214. The van der Waals surface area contributed by atoms with Crippen LogP contribution < -0.4 is 0 Å². The van der Waals surface area contributed by atoms with E-state index in [9.17, 15) is 5.11 Å². The van der Waals surface area contributed by atoms with Crippen LogP contribution in [0, 0.1) is 0 Å². The number of thiophene rings is 1. The Kier molecular flexibility index (Phi) is 3.97. The average molecular weight is 240 g/mol. The Morgan fingerprint density at radius 3 is 2.94 bits per heavy atom. The van der Waals surface area contributed by atoms with Crippen LogP contribution in [0.5, 0.6) is 0 Å². The van der Waals surface area contributed by atoms with Gasteiger partial charge in [0.1, 0.15) is 6.10 Å². The van der Waals surface area contributed by atoms with Gasteiger partial charge in [0.25, 0.3) is 0 Å². The molecule has 16 heavy (non-hydrogen) atoms. The topological polar surface area (TPSA) is 26.7 Å². The summed E-state index contributed by atoms with van der Waals surface area (Å²) in [6.45, 7) is 3.13. The van der Waals surface area contributed by atoms with Gasteiger partial charge in [-0.25, -0.2) is 0 Å². The second kappa shape index (κ2) is 5.27. The molecule has 3 nitrogen and oxygen atoms in total. The number of likely N-dealkylation sites (N-methyl/N-ethyl adjacent to an activating group) is 2. The number of aliphatic hydroxyl groups excluding tert-OH is 1. The first-order valence-electron chi connectivity index (χ1n) is 5.78. The molecule has 1 aromatic heterocycles. The molecule has 1 N–H and O–H groups in total. The van der Waals surface area contributed by atoms with Gasteiger partial charge in [-0.2, -0.15) is 0 Å². The van der Waals surface area contributed by atoms with Gasteiger partial charge in [0, 0.05) is 11.4 Å². The van der Waals surface area contributed by atoms with Crippen molar-refractivity contribution in [3.05, 3.63) is 22.4 Å². The van der Waals surface area contributed by atoms with Crippen LogP contribution in [-0.4, -0.2) is 54.7 Å². The fourth-order valence-electron chi connectivity index (χ4n) is 2.30. The average Bonchev–Trinajstić information content (AvgIpc) is 2.72. The third kappa shape index (κ3) is 2.63. The zero-order chi connectivity index (χ0) is 11.5. The van der Waals surface area contributed by atoms with Crippen molar-refractivity contribution in [1.29, 1.82) is 0 Å². The number of hydrogen-bond acceptors (Lipinski definition) is 4. The van der Waals surface area contributed by atoms with Gasteiger partial charge >= 0.3 is 0 Å². The lowest BCUT2D eigenvalue weighted by Gasteiger charge is -2.31. The van der Waals surface area contributed by atoms with Crippen LogP contribution in [0.15, 0.2) is 17.5 Å². The van der Waals surface area contributed by atoms with Crippen LogP contribution in [0.25, 0.3) is 0 Å². The lowest BCUT2D eigenvalue weighted by molar-refractivity contribution is 0.0596. The minimum Gasteiger partial charge on any atom is -0.386 e. The predicted molar refractivity (Wildman–Crippen MR) is 67.8 cm³/mol. The Morgan fingerprint density at radius 2 is 2.25 bits per heavy atom. The summed E-state index contributed by atoms with van der Waals surface area (Å²) in [4.78, 5) is 5.67. The van der Waals surface area contributed by atoms with Gasteiger partial charge in [-0.15, -0.1) is 11.3 Å². The molecule has 2 heterocycles. The van der Waals surface area contributed by atoms with Crippen molar-refractivity contribution < 1.29 is 5.11 Å². The third-order valence-corrected chi connectivity index (χ3v) is 4.26. The van der Waals surface area contributed by atoms with E-state index in [0.29, 0.717) is 0 Å². The van der Waals surface area contributed by atoms with E-state index >= 15 is 0 Å². The van der Waals surface area contributed by atoms with E-state index in [0.717, 1.165) is 24.5 Å². The highest BCUT2D eigenvalue weighted by Crippen LogP contribution is 2.26. The molecule has 0 radical (unpaired) electrons. The first kappa shape index (κ1) is 12.0. The Morgan fingerprint density at radius 1 is 1.44 bits per heavy atom. The Bertz CT molecular complexity index is 315. The molecule has 2 rings (SSSR count). The SMILES string of the molecule is CN1CCCN(C)C(C(O)c2cccs2)C1. The first-order chi connectivity index (χ1) is 7.68. The number of aliphatic hydroxyl groups is 1.